The van der Waals surface area contributed by atoms with Gasteiger partial charge in [-0.05, 0) is 30.7 Å². The van der Waals surface area contributed by atoms with Gasteiger partial charge in [-0.3, -0.25) is 0 Å². The molecule has 0 spiro atoms. The third-order valence-electron chi connectivity index (χ3n) is 1.70. The van der Waals surface area contributed by atoms with Crippen LogP contribution in [0.4, 0.5) is 13.2 Å². The smallest absolute Gasteiger partial charge is 0.411 e. The maximum Gasteiger partial charge on any atom is 0.411 e. The first-order chi connectivity index (χ1) is 7.38. The molecule has 16 heavy (non-hydrogen) atoms. The molecule has 0 amide bonds. The van der Waals surface area contributed by atoms with E-state index in [1.165, 1.54) is 0 Å². The van der Waals surface area contributed by atoms with Crippen molar-refractivity contribution < 1.29 is 22.6 Å². The topological polar surface area (TPSA) is 18.5 Å². The summed E-state index contributed by atoms with van der Waals surface area (Å²) in [6, 6.07) is 5.21. The minimum atomic E-state index is -4.32. The van der Waals surface area contributed by atoms with E-state index in [2.05, 4.69) is 20.7 Å². The first-order valence-corrected chi connectivity index (χ1v) is 5.21. The fourth-order valence-electron chi connectivity index (χ4n) is 1.04. The van der Waals surface area contributed by atoms with Crippen molar-refractivity contribution in [3.05, 3.63) is 28.2 Å². The largest absolute Gasteiger partial charge is 0.467 e. The molecule has 1 aromatic carbocycles. The SMILES string of the molecule is Cc1cc(Br)ccc1OCOCC(F)(F)F. The van der Waals surface area contributed by atoms with Crippen molar-refractivity contribution >= 4 is 15.9 Å². The standard InChI is InChI=1S/C10H10BrF3O2/c1-7-4-8(11)2-3-9(7)16-6-15-5-10(12,13)14/h2-4H,5-6H2,1H3. The molecule has 0 aliphatic rings. The maximum atomic E-state index is 11.7. The molecule has 0 heterocycles. The predicted molar refractivity (Wildman–Crippen MR) is 56.4 cm³/mol. The van der Waals surface area contributed by atoms with Gasteiger partial charge in [0, 0.05) is 4.47 Å². The first kappa shape index (κ1) is 13.3. The van der Waals surface area contributed by atoms with Gasteiger partial charge in [0.25, 0.3) is 0 Å². The highest BCUT2D eigenvalue weighted by Gasteiger charge is 2.27. The van der Waals surface area contributed by atoms with Crippen molar-refractivity contribution in [3.8, 4) is 5.75 Å². The molecule has 2 nitrogen and oxygen atoms in total. The van der Waals surface area contributed by atoms with Crippen molar-refractivity contribution in [2.45, 2.75) is 13.1 Å². The summed E-state index contributed by atoms with van der Waals surface area (Å²) in [7, 11) is 0. The average molecular weight is 299 g/mol. The van der Waals surface area contributed by atoms with Gasteiger partial charge in [-0.25, -0.2) is 0 Å². The van der Waals surface area contributed by atoms with Gasteiger partial charge in [-0.1, -0.05) is 15.9 Å². The molecule has 0 unspecified atom stereocenters. The maximum absolute atomic E-state index is 11.7. The first-order valence-electron chi connectivity index (χ1n) is 4.42. The van der Waals surface area contributed by atoms with E-state index in [1.54, 1.807) is 25.1 Å². The molecule has 0 fully saturated rings. The molecule has 0 saturated carbocycles. The van der Waals surface area contributed by atoms with E-state index in [4.69, 9.17) is 4.74 Å². The van der Waals surface area contributed by atoms with Crippen LogP contribution in [0.3, 0.4) is 0 Å². The zero-order chi connectivity index (χ0) is 12.2. The molecule has 0 aliphatic carbocycles. The Hall–Kier alpha value is -0.750. The molecule has 0 aliphatic heterocycles. The van der Waals surface area contributed by atoms with Crippen molar-refractivity contribution in [1.29, 1.82) is 0 Å². The molecule has 0 atom stereocenters. The van der Waals surface area contributed by atoms with Gasteiger partial charge in [0.05, 0.1) is 0 Å². The fourth-order valence-corrected chi connectivity index (χ4v) is 1.51. The summed E-state index contributed by atoms with van der Waals surface area (Å²) in [4.78, 5) is 0. The quantitative estimate of drug-likeness (QED) is 0.624. The van der Waals surface area contributed by atoms with E-state index in [9.17, 15) is 13.2 Å². The highest BCUT2D eigenvalue weighted by molar-refractivity contribution is 9.10. The Morgan fingerprint density at radius 2 is 2.00 bits per heavy atom. The van der Waals surface area contributed by atoms with Crippen LogP contribution >= 0.6 is 15.9 Å². The van der Waals surface area contributed by atoms with E-state index < -0.39 is 19.6 Å². The Labute approximate surface area is 99.5 Å². The Morgan fingerprint density at radius 1 is 1.31 bits per heavy atom. The summed E-state index contributed by atoms with van der Waals surface area (Å²) in [5.41, 5.74) is 0.824. The van der Waals surface area contributed by atoms with Crippen molar-refractivity contribution in [1.82, 2.24) is 0 Å². The van der Waals surface area contributed by atoms with Crippen LogP contribution in [0.2, 0.25) is 0 Å². The number of ether oxygens (including phenoxy) is 2. The van der Waals surface area contributed by atoms with Crippen LogP contribution in [0.5, 0.6) is 5.75 Å². The van der Waals surface area contributed by atoms with Gasteiger partial charge in [0.2, 0.25) is 0 Å². The molecule has 6 heteroatoms. The normalized spacial score (nSPS) is 11.6. The Kier molecular flexibility index (Phi) is 4.61. The van der Waals surface area contributed by atoms with Crippen LogP contribution in [-0.4, -0.2) is 19.6 Å². The number of halogens is 4. The third-order valence-corrected chi connectivity index (χ3v) is 2.19. The summed E-state index contributed by atoms with van der Waals surface area (Å²) in [5, 5.41) is 0. The number of alkyl halides is 3. The lowest BCUT2D eigenvalue weighted by atomic mass is 10.2. The molecule has 0 bridgehead atoms. The van der Waals surface area contributed by atoms with Gasteiger partial charge < -0.3 is 9.47 Å². The van der Waals surface area contributed by atoms with Crippen LogP contribution < -0.4 is 4.74 Å². The van der Waals surface area contributed by atoms with E-state index in [0.29, 0.717) is 5.75 Å². The van der Waals surface area contributed by atoms with Gasteiger partial charge in [-0.2, -0.15) is 13.2 Å². The second-order valence-corrected chi connectivity index (χ2v) is 4.05. The van der Waals surface area contributed by atoms with Crippen LogP contribution in [0.25, 0.3) is 0 Å². The number of hydrogen-bond acceptors (Lipinski definition) is 2. The zero-order valence-corrected chi connectivity index (χ0v) is 10.1. The summed E-state index contributed by atoms with van der Waals surface area (Å²) in [6.45, 7) is 0.0778. The monoisotopic (exact) mass is 298 g/mol. The Balaban J connectivity index is 2.38. The molecular weight excluding hydrogens is 289 g/mol. The molecule has 0 aromatic heterocycles. The summed E-state index contributed by atoms with van der Waals surface area (Å²) < 4.78 is 45.4. The number of benzene rings is 1. The van der Waals surface area contributed by atoms with E-state index in [0.717, 1.165) is 10.0 Å². The summed E-state index contributed by atoms with van der Waals surface area (Å²) >= 11 is 3.27. The summed E-state index contributed by atoms with van der Waals surface area (Å²) in [5.74, 6) is 0.505. The van der Waals surface area contributed by atoms with Crippen molar-refractivity contribution in [3.63, 3.8) is 0 Å². The van der Waals surface area contributed by atoms with Crippen LogP contribution in [0.1, 0.15) is 5.56 Å². The Morgan fingerprint density at radius 3 is 2.56 bits per heavy atom. The summed E-state index contributed by atoms with van der Waals surface area (Å²) in [6.07, 6.45) is -4.32. The van der Waals surface area contributed by atoms with E-state index in [1.807, 2.05) is 0 Å². The van der Waals surface area contributed by atoms with Crippen LogP contribution in [-0.2, 0) is 4.74 Å². The second-order valence-electron chi connectivity index (χ2n) is 3.14. The number of rotatable bonds is 4. The second kappa shape index (κ2) is 5.54. The van der Waals surface area contributed by atoms with Gasteiger partial charge in [-0.15, -0.1) is 0 Å². The Bertz CT molecular complexity index is 352. The van der Waals surface area contributed by atoms with Crippen LogP contribution in [0, 0.1) is 6.92 Å². The van der Waals surface area contributed by atoms with Crippen molar-refractivity contribution in [2.24, 2.45) is 0 Å². The van der Waals surface area contributed by atoms with Gasteiger partial charge in [0.1, 0.15) is 12.4 Å². The lowest BCUT2D eigenvalue weighted by molar-refractivity contribution is -0.186. The molecular formula is C10H10BrF3O2. The lowest BCUT2D eigenvalue weighted by Crippen LogP contribution is -2.19. The third kappa shape index (κ3) is 4.85. The minimum Gasteiger partial charge on any atom is -0.467 e. The molecule has 0 saturated heterocycles. The fraction of sp³-hybridized carbons (Fsp3) is 0.400. The average Bonchev–Trinajstić information content (AvgIpc) is 2.13. The molecule has 1 aromatic rings. The number of hydrogen-bond donors (Lipinski definition) is 0. The van der Waals surface area contributed by atoms with Gasteiger partial charge in [0.15, 0.2) is 6.79 Å². The molecule has 1 rings (SSSR count). The molecule has 0 N–H and O–H groups in total. The van der Waals surface area contributed by atoms with E-state index >= 15 is 0 Å². The zero-order valence-electron chi connectivity index (χ0n) is 8.47. The predicted octanol–water partition coefficient (Wildman–Crippen LogP) is 3.67. The van der Waals surface area contributed by atoms with E-state index in [-0.39, 0.29) is 0 Å². The van der Waals surface area contributed by atoms with Crippen molar-refractivity contribution in [2.75, 3.05) is 13.4 Å². The molecule has 0 radical (unpaired) electrons. The van der Waals surface area contributed by atoms with Gasteiger partial charge >= 0.3 is 6.18 Å². The van der Waals surface area contributed by atoms with Crippen LogP contribution in [0.15, 0.2) is 22.7 Å². The highest BCUT2D eigenvalue weighted by atomic mass is 79.9. The molecule has 90 valence electrons. The minimum absolute atomic E-state index is 0.415. The lowest BCUT2D eigenvalue weighted by Gasteiger charge is -2.11. The number of aryl methyl sites for hydroxylation is 1. The highest BCUT2D eigenvalue weighted by Crippen LogP contribution is 2.22.